The molecule has 0 radical (unpaired) electrons. The molecule has 1 unspecified atom stereocenters. The van der Waals surface area contributed by atoms with Crippen LogP contribution in [0.15, 0.2) is 0 Å². The Labute approximate surface area is 115 Å². The Morgan fingerprint density at radius 3 is 2.17 bits per heavy atom. The van der Waals surface area contributed by atoms with Gasteiger partial charge in [0, 0.05) is 0 Å². The molecule has 0 amide bonds. The molecule has 2 N–H and O–H groups in total. The van der Waals surface area contributed by atoms with E-state index in [9.17, 15) is 0 Å². The number of nitrogens with two attached hydrogens (primary N) is 1. The zero-order valence-corrected chi connectivity index (χ0v) is 13.3. The molecule has 0 fully saturated rings. The summed E-state index contributed by atoms with van der Waals surface area (Å²) >= 11 is 0. The highest BCUT2D eigenvalue weighted by atomic mass is 15.1. The monoisotopic (exact) mass is 257 g/mol. The fraction of sp³-hybridized carbons (Fsp3) is 1.00. The number of nitrogens with zero attached hydrogens (tertiary/aromatic N) is 2. The second-order valence-electron chi connectivity index (χ2n) is 6.11. The van der Waals surface area contributed by atoms with Crippen molar-refractivity contribution in [3.05, 3.63) is 0 Å². The molecule has 110 valence electrons. The Morgan fingerprint density at radius 1 is 1.06 bits per heavy atom. The minimum absolute atomic E-state index is 0.702. The van der Waals surface area contributed by atoms with Crippen molar-refractivity contribution in [2.24, 2.45) is 17.6 Å². The fourth-order valence-corrected chi connectivity index (χ4v) is 2.40. The standard InChI is InChI=1S/C15H35N3/c1-6-18(10-7-9-17(4)5)11-8-15(13-16)12-14(2)3/h14-15H,6-13,16H2,1-5H3. The predicted octanol–water partition coefficient (Wildman–Crippen LogP) is 2.27. The van der Waals surface area contributed by atoms with Crippen LogP contribution in [0.1, 0.15) is 40.0 Å². The maximum absolute atomic E-state index is 5.86. The van der Waals surface area contributed by atoms with E-state index in [-0.39, 0.29) is 0 Å². The third-order valence-electron chi connectivity index (χ3n) is 3.52. The van der Waals surface area contributed by atoms with E-state index in [2.05, 4.69) is 44.7 Å². The van der Waals surface area contributed by atoms with Gasteiger partial charge in [0.1, 0.15) is 0 Å². The van der Waals surface area contributed by atoms with E-state index in [0.717, 1.165) is 19.0 Å². The fourth-order valence-electron chi connectivity index (χ4n) is 2.40. The molecular weight excluding hydrogens is 222 g/mol. The summed E-state index contributed by atoms with van der Waals surface area (Å²) in [5.74, 6) is 1.47. The average Bonchev–Trinajstić information content (AvgIpc) is 2.30. The molecule has 1 atom stereocenters. The van der Waals surface area contributed by atoms with Gasteiger partial charge in [-0.2, -0.15) is 0 Å². The first-order valence-corrected chi connectivity index (χ1v) is 7.56. The lowest BCUT2D eigenvalue weighted by Gasteiger charge is -2.24. The number of rotatable bonds is 11. The summed E-state index contributed by atoms with van der Waals surface area (Å²) in [7, 11) is 4.28. The molecule has 0 aliphatic carbocycles. The normalized spacial score (nSPS) is 13.8. The van der Waals surface area contributed by atoms with Gasteiger partial charge in [-0.25, -0.2) is 0 Å². The number of hydrogen-bond acceptors (Lipinski definition) is 3. The van der Waals surface area contributed by atoms with Crippen LogP contribution < -0.4 is 5.73 Å². The molecule has 18 heavy (non-hydrogen) atoms. The van der Waals surface area contributed by atoms with Crippen LogP contribution in [0.3, 0.4) is 0 Å². The van der Waals surface area contributed by atoms with E-state index in [1.807, 2.05) is 0 Å². The minimum atomic E-state index is 0.702. The summed E-state index contributed by atoms with van der Waals surface area (Å²) in [4.78, 5) is 4.82. The predicted molar refractivity (Wildman–Crippen MR) is 81.9 cm³/mol. The molecule has 0 spiro atoms. The van der Waals surface area contributed by atoms with E-state index in [4.69, 9.17) is 5.73 Å². The van der Waals surface area contributed by atoms with E-state index in [0.29, 0.717) is 5.92 Å². The third kappa shape index (κ3) is 9.86. The smallest absolute Gasteiger partial charge is 0.000667 e. The second-order valence-corrected chi connectivity index (χ2v) is 6.11. The van der Waals surface area contributed by atoms with E-state index < -0.39 is 0 Å². The van der Waals surface area contributed by atoms with Crippen molar-refractivity contribution in [3.63, 3.8) is 0 Å². The van der Waals surface area contributed by atoms with Crippen molar-refractivity contribution >= 4 is 0 Å². The van der Waals surface area contributed by atoms with E-state index in [1.165, 1.54) is 38.9 Å². The van der Waals surface area contributed by atoms with E-state index >= 15 is 0 Å². The van der Waals surface area contributed by atoms with Crippen LogP contribution in [0.25, 0.3) is 0 Å². The lowest BCUT2D eigenvalue weighted by molar-refractivity contribution is 0.240. The molecule has 3 nitrogen and oxygen atoms in total. The third-order valence-corrected chi connectivity index (χ3v) is 3.52. The molecule has 0 aromatic rings. The summed E-state index contributed by atoms with van der Waals surface area (Å²) in [6, 6.07) is 0. The Bertz CT molecular complexity index is 181. The molecule has 0 aliphatic heterocycles. The summed E-state index contributed by atoms with van der Waals surface area (Å²) in [6.45, 7) is 12.4. The van der Waals surface area contributed by atoms with Gasteiger partial charge in [0.15, 0.2) is 0 Å². The number of hydrogen-bond donors (Lipinski definition) is 1. The first kappa shape index (κ1) is 17.9. The van der Waals surface area contributed by atoms with Gasteiger partial charge in [-0.1, -0.05) is 20.8 Å². The molecule has 0 saturated heterocycles. The van der Waals surface area contributed by atoms with Crippen molar-refractivity contribution in [3.8, 4) is 0 Å². The highest BCUT2D eigenvalue weighted by molar-refractivity contribution is 4.66. The van der Waals surface area contributed by atoms with Crippen LogP contribution >= 0.6 is 0 Å². The van der Waals surface area contributed by atoms with Gasteiger partial charge in [0.05, 0.1) is 0 Å². The van der Waals surface area contributed by atoms with Crippen LogP contribution in [0.4, 0.5) is 0 Å². The Morgan fingerprint density at radius 2 is 1.72 bits per heavy atom. The zero-order chi connectivity index (χ0) is 14.0. The highest BCUT2D eigenvalue weighted by Gasteiger charge is 2.11. The maximum Gasteiger partial charge on any atom is -0.000667 e. The van der Waals surface area contributed by atoms with Gasteiger partial charge in [-0.15, -0.1) is 0 Å². The van der Waals surface area contributed by atoms with Crippen molar-refractivity contribution < 1.29 is 0 Å². The molecule has 3 heteroatoms. The summed E-state index contributed by atoms with van der Waals surface area (Å²) in [6.07, 6.45) is 3.79. The van der Waals surface area contributed by atoms with Crippen LogP contribution in [0, 0.1) is 11.8 Å². The lowest BCUT2D eigenvalue weighted by Crippen LogP contribution is -2.30. The molecule has 0 aromatic heterocycles. The van der Waals surface area contributed by atoms with Crippen LogP contribution in [0.5, 0.6) is 0 Å². The molecule has 0 aromatic carbocycles. The van der Waals surface area contributed by atoms with Crippen LogP contribution in [-0.4, -0.2) is 56.6 Å². The van der Waals surface area contributed by atoms with Crippen molar-refractivity contribution in [1.29, 1.82) is 0 Å². The van der Waals surface area contributed by atoms with Gasteiger partial charge in [-0.05, 0) is 77.9 Å². The first-order chi connectivity index (χ1) is 8.49. The molecule has 0 heterocycles. The van der Waals surface area contributed by atoms with Crippen molar-refractivity contribution in [2.45, 2.75) is 40.0 Å². The largest absolute Gasteiger partial charge is 0.330 e. The van der Waals surface area contributed by atoms with Gasteiger partial charge in [-0.3, -0.25) is 0 Å². The minimum Gasteiger partial charge on any atom is -0.330 e. The highest BCUT2D eigenvalue weighted by Crippen LogP contribution is 2.14. The quantitative estimate of drug-likeness (QED) is 0.616. The first-order valence-electron chi connectivity index (χ1n) is 7.56. The molecule has 0 bridgehead atoms. The average molecular weight is 257 g/mol. The molecular formula is C15H35N3. The van der Waals surface area contributed by atoms with Gasteiger partial charge in [0.25, 0.3) is 0 Å². The van der Waals surface area contributed by atoms with Crippen LogP contribution in [0.2, 0.25) is 0 Å². The van der Waals surface area contributed by atoms with Gasteiger partial charge < -0.3 is 15.5 Å². The Hall–Kier alpha value is -0.120. The molecule has 0 saturated carbocycles. The SMILES string of the molecule is CCN(CCCN(C)C)CCC(CN)CC(C)C. The van der Waals surface area contributed by atoms with Gasteiger partial charge >= 0.3 is 0 Å². The summed E-state index contributed by atoms with van der Waals surface area (Å²) in [5.41, 5.74) is 5.86. The van der Waals surface area contributed by atoms with Crippen molar-refractivity contribution in [2.75, 3.05) is 46.8 Å². The second kappa shape index (κ2) is 10.8. The van der Waals surface area contributed by atoms with Crippen molar-refractivity contribution in [1.82, 2.24) is 9.80 Å². The Kier molecular flexibility index (Phi) is 10.7. The lowest BCUT2D eigenvalue weighted by atomic mass is 9.94. The molecule has 0 aliphatic rings. The summed E-state index contributed by atoms with van der Waals surface area (Å²) in [5, 5.41) is 0. The Balaban J connectivity index is 3.82. The topological polar surface area (TPSA) is 32.5 Å². The molecule has 0 rings (SSSR count). The maximum atomic E-state index is 5.86. The van der Waals surface area contributed by atoms with Crippen LogP contribution in [-0.2, 0) is 0 Å². The van der Waals surface area contributed by atoms with Gasteiger partial charge in [0.2, 0.25) is 0 Å². The van der Waals surface area contributed by atoms with E-state index in [1.54, 1.807) is 0 Å². The summed E-state index contributed by atoms with van der Waals surface area (Å²) < 4.78 is 0. The zero-order valence-electron chi connectivity index (χ0n) is 13.3.